The smallest absolute Gasteiger partial charge is 0.407 e. The van der Waals surface area contributed by atoms with Crippen LogP contribution in [0.2, 0.25) is 0 Å². The number of nitrogens with two attached hydrogens (primary N) is 1. The highest BCUT2D eigenvalue weighted by molar-refractivity contribution is 7.98. The Labute approximate surface area is 235 Å². The Bertz CT molecular complexity index is 1310. The lowest BCUT2D eigenvalue weighted by molar-refractivity contribution is 0.0523. The van der Waals surface area contributed by atoms with Crippen molar-refractivity contribution in [2.24, 2.45) is 11.7 Å². The Balaban J connectivity index is 2.12. The standard InChI is InChI=1S/C31H39N3O4S/c1-19(2)14-27-25(17-33-30(37)38-31(4,5)6)28(22-12-10-21(16-32)11-13-22)26(20(3)34-27)18-39-24-9-7-8-23(15-24)29(35)36/h7-13,15,19H,14,16-18,32H2,1-6H3,(H,33,37)(H,35,36). The molecule has 0 unspecified atom stereocenters. The third-order valence-electron chi connectivity index (χ3n) is 6.04. The number of hydrogen-bond acceptors (Lipinski definition) is 6. The number of carbonyl (C=O) groups is 2. The van der Waals surface area contributed by atoms with Crippen LogP contribution in [0, 0.1) is 12.8 Å². The number of aryl methyl sites for hydroxylation is 1. The Morgan fingerprint density at radius 2 is 1.79 bits per heavy atom. The number of nitrogens with one attached hydrogen (secondary N) is 1. The number of amides is 1. The van der Waals surface area contributed by atoms with Gasteiger partial charge in [-0.1, -0.05) is 44.2 Å². The predicted octanol–water partition coefficient (Wildman–Crippen LogP) is 6.73. The summed E-state index contributed by atoms with van der Waals surface area (Å²) in [4.78, 5) is 30.0. The van der Waals surface area contributed by atoms with Crippen molar-refractivity contribution in [2.45, 2.75) is 77.3 Å². The summed E-state index contributed by atoms with van der Waals surface area (Å²) in [6.07, 6.45) is 0.276. The maximum absolute atomic E-state index is 12.6. The van der Waals surface area contributed by atoms with Crippen LogP contribution >= 0.6 is 11.8 Å². The number of rotatable bonds is 10. The lowest BCUT2D eigenvalue weighted by atomic mass is 9.90. The van der Waals surface area contributed by atoms with E-state index in [1.807, 2.05) is 45.9 Å². The quantitative estimate of drug-likeness (QED) is 0.240. The van der Waals surface area contributed by atoms with Gasteiger partial charge in [0.2, 0.25) is 0 Å². The normalized spacial score (nSPS) is 11.5. The molecule has 0 spiro atoms. The number of hydrogen-bond donors (Lipinski definition) is 3. The van der Waals surface area contributed by atoms with E-state index in [1.54, 1.807) is 30.0 Å². The van der Waals surface area contributed by atoms with Gasteiger partial charge in [0.25, 0.3) is 0 Å². The van der Waals surface area contributed by atoms with Crippen molar-refractivity contribution >= 4 is 23.8 Å². The fraction of sp³-hybridized carbons (Fsp3) is 0.387. The molecule has 3 aromatic rings. The molecule has 0 radical (unpaired) electrons. The van der Waals surface area contributed by atoms with E-state index in [1.165, 1.54) is 0 Å². The zero-order valence-electron chi connectivity index (χ0n) is 23.6. The molecular formula is C31H39N3O4S. The minimum absolute atomic E-state index is 0.252. The molecule has 0 saturated heterocycles. The summed E-state index contributed by atoms with van der Waals surface area (Å²) in [6, 6.07) is 15.1. The zero-order valence-corrected chi connectivity index (χ0v) is 24.4. The second kappa shape index (κ2) is 13.1. The Hall–Kier alpha value is -3.36. The van der Waals surface area contributed by atoms with Gasteiger partial charge in [-0.2, -0.15) is 0 Å². The third kappa shape index (κ3) is 8.57. The van der Waals surface area contributed by atoms with E-state index < -0.39 is 17.7 Å². The van der Waals surface area contributed by atoms with Crippen LogP contribution in [0.15, 0.2) is 53.4 Å². The molecule has 4 N–H and O–H groups in total. The summed E-state index contributed by atoms with van der Waals surface area (Å²) < 4.78 is 5.51. The molecule has 2 aromatic carbocycles. The van der Waals surface area contributed by atoms with Crippen LogP contribution in [0.5, 0.6) is 0 Å². The number of carboxylic acid groups (broad SMARTS) is 1. The van der Waals surface area contributed by atoms with E-state index in [4.69, 9.17) is 15.5 Å². The second-order valence-corrected chi connectivity index (χ2v) is 12.0. The van der Waals surface area contributed by atoms with E-state index in [0.29, 0.717) is 18.2 Å². The van der Waals surface area contributed by atoms with Gasteiger partial charge in [-0.25, -0.2) is 9.59 Å². The fourth-order valence-electron chi connectivity index (χ4n) is 4.27. The molecule has 0 saturated carbocycles. The molecule has 8 heteroatoms. The van der Waals surface area contributed by atoms with Gasteiger partial charge >= 0.3 is 12.1 Å². The van der Waals surface area contributed by atoms with Crippen LogP contribution in [0.25, 0.3) is 11.1 Å². The molecule has 0 aliphatic heterocycles. The van der Waals surface area contributed by atoms with Crippen molar-refractivity contribution in [1.82, 2.24) is 10.3 Å². The molecule has 0 aliphatic rings. The highest BCUT2D eigenvalue weighted by Crippen LogP contribution is 2.36. The summed E-state index contributed by atoms with van der Waals surface area (Å²) >= 11 is 1.56. The van der Waals surface area contributed by atoms with Crippen molar-refractivity contribution in [1.29, 1.82) is 0 Å². The second-order valence-electron chi connectivity index (χ2n) is 11.0. The van der Waals surface area contributed by atoms with Crippen molar-refractivity contribution in [2.75, 3.05) is 0 Å². The van der Waals surface area contributed by atoms with Crippen molar-refractivity contribution < 1.29 is 19.4 Å². The Kier molecular flexibility index (Phi) is 10.2. The first kappa shape index (κ1) is 30.2. The van der Waals surface area contributed by atoms with E-state index in [-0.39, 0.29) is 12.1 Å². The van der Waals surface area contributed by atoms with Crippen molar-refractivity contribution in [3.05, 3.63) is 82.2 Å². The highest BCUT2D eigenvalue weighted by Gasteiger charge is 2.22. The molecule has 7 nitrogen and oxygen atoms in total. The van der Waals surface area contributed by atoms with Gasteiger partial charge < -0.3 is 20.9 Å². The lowest BCUT2D eigenvalue weighted by Gasteiger charge is -2.23. The minimum Gasteiger partial charge on any atom is -0.478 e. The molecule has 208 valence electrons. The summed E-state index contributed by atoms with van der Waals surface area (Å²) in [5, 5.41) is 12.4. The molecule has 3 rings (SSSR count). The molecule has 0 atom stereocenters. The van der Waals surface area contributed by atoms with Gasteiger partial charge in [0, 0.05) is 40.7 Å². The number of nitrogens with zero attached hydrogens (tertiary/aromatic N) is 1. The third-order valence-corrected chi connectivity index (χ3v) is 7.06. The zero-order chi connectivity index (χ0) is 28.7. The number of aromatic carboxylic acids is 1. The molecular weight excluding hydrogens is 510 g/mol. The van der Waals surface area contributed by atoms with Crippen LogP contribution < -0.4 is 11.1 Å². The van der Waals surface area contributed by atoms with Gasteiger partial charge in [-0.15, -0.1) is 11.8 Å². The monoisotopic (exact) mass is 549 g/mol. The van der Waals surface area contributed by atoms with E-state index in [0.717, 1.165) is 50.5 Å². The molecule has 0 bridgehead atoms. The maximum Gasteiger partial charge on any atom is 0.407 e. The van der Waals surface area contributed by atoms with Crippen molar-refractivity contribution in [3.63, 3.8) is 0 Å². The largest absolute Gasteiger partial charge is 0.478 e. The minimum atomic E-state index is -0.954. The first-order chi connectivity index (χ1) is 18.4. The number of thioether (sulfide) groups is 1. The number of aromatic nitrogens is 1. The first-order valence-electron chi connectivity index (χ1n) is 13.1. The average molecular weight is 550 g/mol. The summed E-state index contributed by atoms with van der Waals surface area (Å²) in [7, 11) is 0. The van der Waals surface area contributed by atoms with Crippen LogP contribution in [0.1, 0.15) is 73.1 Å². The van der Waals surface area contributed by atoms with Gasteiger partial charge in [0.05, 0.1) is 5.56 Å². The van der Waals surface area contributed by atoms with Crippen LogP contribution in [-0.4, -0.2) is 27.8 Å². The molecule has 39 heavy (non-hydrogen) atoms. The van der Waals surface area contributed by atoms with Gasteiger partial charge in [0.1, 0.15) is 5.60 Å². The molecule has 0 fully saturated rings. The predicted molar refractivity (Wildman–Crippen MR) is 157 cm³/mol. The van der Waals surface area contributed by atoms with E-state index in [2.05, 4.69) is 31.3 Å². The molecule has 1 amide bonds. The number of carboxylic acids is 1. The van der Waals surface area contributed by atoms with Gasteiger partial charge in [0.15, 0.2) is 0 Å². The fourth-order valence-corrected chi connectivity index (χ4v) is 5.32. The summed E-state index contributed by atoms with van der Waals surface area (Å²) in [6.45, 7) is 12.5. The summed E-state index contributed by atoms with van der Waals surface area (Å²) in [5.41, 5.74) is 12.4. The SMILES string of the molecule is Cc1nc(CC(C)C)c(CNC(=O)OC(C)(C)C)c(-c2ccc(CN)cc2)c1CSc1cccc(C(=O)O)c1. The number of benzene rings is 2. The average Bonchev–Trinajstić information content (AvgIpc) is 2.86. The Morgan fingerprint density at radius 3 is 2.38 bits per heavy atom. The molecule has 1 aromatic heterocycles. The maximum atomic E-state index is 12.6. The topological polar surface area (TPSA) is 115 Å². The number of alkyl carbamates (subject to hydrolysis) is 1. The van der Waals surface area contributed by atoms with Crippen molar-refractivity contribution in [3.8, 4) is 11.1 Å². The Morgan fingerprint density at radius 1 is 1.10 bits per heavy atom. The van der Waals surface area contributed by atoms with Gasteiger partial charge in [-0.3, -0.25) is 4.98 Å². The van der Waals surface area contributed by atoms with Crippen LogP contribution in [0.3, 0.4) is 0 Å². The van der Waals surface area contributed by atoms with E-state index in [9.17, 15) is 14.7 Å². The highest BCUT2D eigenvalue weighted by atomic mass is 32.2. The lowest BCUT2D eigenvalue weighted by Crippen LogP contribution is -2.32. The first-order valence-corrected chi connectivity index (χ1v) is 14.1. The molecule has 0 aliphatic carbocycles. The van der Waals surface area contributed by atoms with Gasteiger partial charge in [-0.05, 0) is 80.5 Å². The number of ether oxygens (including phenoxy) is 1. The number of carbonyl (C=O) groups excluding carboxylic acids is 1. The molecule has 1 heterocycles. The van der Waals surface area contributed by atoms with E-state index >= 15 is 0 Å². The number of pyridine rings is 1. The van der Waals surface area contributed by atoms with Crippen LogP contribution in [-0.2, 0) is 30.0 Å². The summed E-state index contributed by atoms with van der Waals surface area (Å²) in [5.74, 6) is -0.00905. The van der Waals surface area contributed by atoms with Crippen LogP contribution in [0.4, 0.5) is 4.79 Å².